The zero-order chi connectivity index (χ0) is 26.1. The summed E-state index contributed by atoms with van der Waals surface area (Å²) in [6.45, 7) is 1.86. The van der Waals surface area contributed by atoms with Crippen molar-refractivity contribution in [3.63, 3.8) is 0 Å². The second-order valence-electron chi connectivity index (χ2n) is 7.71. The van der Waals surface area contributed by atoms with Gasteiger partial charge in [-0.1, -0.05) is 6.07 Å². The molecule has 1 unspecified atom stereocenters. The van der Waals surface area contributed by atoms with Gasteiger partial charge in [0.2, 0.25) is 5.75 Å². The molecule has 3 aromatic rings. The van der Waals surface area contributed by atoms with E-state index >= 15 is 0 Å². The molecule has 190 valence electrons. The highest BCUT2D eigenvalue weighted by Gasteiger charge is 2.20. The quantitative estimate of drug-likeness (QED) is 0.392. The number of pyridine rings is 1. The van der Waals surface area contributed by atoms with Crippen LogP contribution in [0.1, 0.15) is 34.5 Å². The number of primary amides is 1. The molecule has 2 amide bonds. The Hall–Kier alpha value is -4.47. The first-order valence-corrected chi connectivity index (χ1v) is 11.0. The number of nitrogens with zero attached hydrogens (tertiary/aromatic N) is 1. The van der Waals surface area contributed by atoms with Crippen LogP contribution in [0.3, 0.4) is 0 Å². The molecule has 36 heavy (non-hydrogen) atoms. The Morgan fingerprint density at radius 1 is 0.889 bits per heavy atom. The number of hydrogen-bond donors (Lipinski definition) is 2. The summed E-state index contributed by atoms with van der Waals surface area (Å²) < 4.78 is 27.4. The minimum absolute atomic E-state index is 0.176. The van der Waals surface area contributed by atoms with Gasteiger partial charge in [-0.05, 0) is 54.4 Å². The molecule has 3 rings (SSSR count). The molecule has 0 aliphatic carbocycles. The zero-order valence-corrected chi connectivity index (χ0v) is 20.6. The number of methoxy groups -OCH3 is 3. The van der Waals surface area contributed by atoms with Gasteiger partial charge in [0.05, 0.1) is 27.4 Å². The minimum atomic E-state index is -0.654. The maximum absolute atomic E-state index is 13.0. The van der Waals surface area contributed by atoms with Crippen molar-refractivity contribution < 1.29 is 33.3 Å². The second-order valence-corrected chi connectivity index (χ2v) is 7.71. The number of rotatable bonds is 12. The van der Waals surface area contributed by atoms with Crippen molar-refractivity contribution in [2.45, 2.75) is 19.6 Å². The summed E-state index contributed by atoms with van der Waals surface area (Å²) in [5.41, 5.74) is 7.24. The van der Waals surface area contributed by atoms with Crippen LogP contribution in [-0.2, 0) is 11.4 Å². The van der Waals surface area contributed by atoms with E-state index in [0.717, 1.165) is 11.1 Å². The van der Waals surface area contributed by atoms with Crippen molar-refractivity contribution in [2.75, 3.05) is 27.9 Å². The molecule has 0 bridgehead atoms. The normalized spacial score (nSPS) is 11.2. The first-order chi connectivity index (χ1) is 17.4. The number of benzene rings is 2. The highest BCUT2D eigenvalue weighted by Crippen LogP contribution is 2.39. The average Bonchev–Trinajstić information content (AvgIpc) is 2.90. The van der Waals surface area contributed by atoms with E-state index in [4.69, 9.17) is 29.4 Å². The fraction of sp³-hybridized carbons (Fsp3) is 0.269. The van der Waals surface area contributed by atoms with Crippen molar-refractivity contribution >= 4 is 11.8 Å². The fourth-order valence-corrected chi connectivity index (χ4v) is 3.37. The predicted octanol–water partition coefficient (Wildman–Crippen LogP) is 3.04. The number of amides is 2. The standard InChI is InChI=1S/C26H29N3O7/c1-16(18-5-6-20(21(11-18)32-2)35-14-17-7-9-28-10-8-17)29-26(31)19-12-22(33-3)25(23(13-19)34-4)36-15-24(27)30/h5-13,16H,14-15H2,1-4H3,(H2,27,30)(H,29,31). The van der Waals surface area contributed by atoms with Crippen molar-refractivity contribution in [3.05, 3.63) is 71.5 Å². The van der Waals surface area contributed by atoms with E-state index in [-0.39, 0.29) is 41.4 Å². The molecule has 1 atom stereocenters. The molecule has 1 heterocycles. The predicted molar refractivity (Wildman–Crippen MR) is 132 cm³/mol. The Balaban J connectivity index is 1.74. The van der Waals surface area contributed by atoms with Gasteiger partial charge < -0.3 is 34.7 Å². The van der Waals surface area contributed by atoms with Gasteiger partial charge in [0, 0.05) is 18.0 Å². The zero-order valence-electron chi connectivity index (χ0n) is 20.6. The van der Waals surface area contributed by atoms with E-state index < -0.39 is 5.91 Å². The lowest BCUT2D eigenvalue weighted by atomic mass is 10.1. The number of carbonyl (C=O) groups excluding carboxylic acids is 2. The van der Waals surface area contributed by atoms with Gasteiger partial charge in [-0.25, -0.2) is 0 Å². The van der Waals surface area contributed by atoms with Crippen molar-refractivity contribution in [3.8, 4) is 28.7 Å². The van der Waals surface area contributed by atoms with E-state index in [0.29, 0.717) is 18.1 Å². The van der Waals surface area contributed by atoms with Crippen LogP contribution in [0.15, 0.2) is 54.9 Å². The topological polar surface area (TPSA) is 131 Å². The summed E-state index contributed by atoms with van der Waals surface area (Å²) in [4.78, 5) is 28.1. The first-order valence-electron chi connectivity index (χ1n) is 11.0. The largest absolute Gasteiger partial charge is 0.493 e. The van der Waals surface area contributed by atoms with Gasteiger partial charge in [0.25, 0.3) is 11.8 Å². The first kappa shape index (κ1) is 26.1. The van der Waals surface area contributed by atoms with Crippen LogP contribution in [0.5, 0.6) is 28.7 Å². The van der Waals surface area contributed by atoms with Gasteiger partial charge in [-0.15, -0.1) is 0 Å². The molecule has 0 radical (unpaired) electrons. The van der Waals surface area contributed by atoms with Crippen LogP contribution in [0, 0.1) is 0 Å². The summed E-state index contributed by atoms with van der Waals surface area (Å²) in [6.07, 6.45) is 3.41. The summed E-state index contributed by atoms with van der Waals surface area (Å²) in [5, 5.41) is 2.95. The summed E-state index contributed by atoms with van der Waals surface area (Å²) in [7, 11) is 4.39. The Bertz CT molecular complexity index is 1180. The lowest BCUT2D eigenvalue weighted by Gasteiger charge is -2.19. The number of hydrogen-bond acceptors (Lipinski definition) is 8. The molecule has 10 heteroatoms. The van der Waals surface area contributed by atoms with Gasteiger partial charge in [-0.2, -0.15) is 0 Å². The van der Waals surface area contributed by atoms with Gasteiger partial charge in [0.1, 0.15) is 6.61 Å². The number of ether oxygens (including phenoxy) is 5. The highest BCUT2D eigenvalue weighted by molar-refractivity contribution is 5.96. The van der Waals surface area contributed by atoms with E-state index in [1.165, 1.54) is 26.4 Å². The second kappa shape index (κ2) is 12.3. The number of nitrogens with two attached hydrogens (primary N) is 1. The molecule has 0 saturated heterocycles. The summed E-state index contributed by atoms with van der Waals surface area (Å²) in [5.74, 6) is 0.739. The smallest absolute Gasteiger partial charge is 0.255 e. The Morgan fingerprint density at radius 2 is 1.53 bits per heavy atom. The lowest BCUT2D eigenvalue weighted by Crippen LogP contribution is -2.27. The van der Waals surface area contributed by atoms with Crippen LogP contribution in [0.2, 0.25) is 0 Å². The minimum Gasteiger partial charge on any atom is -0.493 e. The van der Waals surface area contributed by atoms with Crippen LogP contribution in [0.4, 0.5) is 0 Å². The Kier molecular flexibility index (Phi) is 8.93. The molecular weight excluding hydrogens is 466 g/mol. The van der Waals surface area contributed by atoms with Gasteiger partial charge in [0.15, 0.2) is 29.6 Å². The molecule has 3 N–H and O–H groups in total. The maximum atomic E-state index is 13.0. The summed E-state index contributed by atoms with van der Waals surface area (Å²) >= 11 is 0. The van der Waals surface area contributed by atoms with E-state index in [2.05, 4.69) is 10.3 Å². The number of aromatic nitrogens is 1. The van der Waals surface area contributed by atoms with Crippen LogP contribution < -0.4 is 34.7 Å². The van der Waals surface area contributed by atoms with Crippen molar-refractivity contribution in [1.82, 2.24) is 10.3 Å². The molecule has 0 saturated carbocycles. The Labute approximate surface area is 209 Å². The summed E-state index contributed by atoms with van der Waals surface area (Å²) in [6, 6.07) is 11.9. The van der Waals surface area contributed by atoms with Crippen LogP contribution in [0.25, 0.3) is 0 Å². The van der Waals surface area contributed by atoms with Crippen LogP contribution >= 0.6 is 0 Å². The third kappa shape index (κ3) is 6.56. The Morgan fingerprint density at radius 3 is 2.11 bits per heavy atom. The van der Waals surface area contributed by atoms with Crippen LogP contribution in [-0.4, -0.2) is 44.7 Å². The van der Waals surface area contributed by atoms with Crippen molar-refractivity contribution in [1.29, 1.82) is 0 Å². The lowest BCUT2D eigenvalue weighted by molar-refractivity contribution is -0.120. The molecule has 10 nitrogen and oxygen atoms in total. The van der Waals surface area contributed by atoms with Gasteiger partial charge >= 0.3 is 0 Å². The van der Waals surface area contributed by atoms with Crippen molar-refractivity contribution in [2.24, 2.45) is 5.73 Å². The van der Waals surface area contributed by atoms with E-state index in [9.17, 15) is 9.59 Å². The number of nitrogens with one attached hydrogen (secondary N) is 1. The third-order valence-electron chi connectivity index (χ3n) is 5.26. The number of carbonyl (C=O) groups is 2. The third-order valence-corrected chi connectivity index (χ3v) is 5.26. The fourth-order valence-electron chi connectivity index (χ4n) is 3.37. The SMILES string of the molecule is COc1cc(C(C)NC(=O)c2cc(OC)c(OCC(N)=O)c(OC)c2)ccc1OCc1ccncc1. The molecule has 1 aromatic heterocycles. The van der Waals surface area contributed by atoms with Gasteiger partial charge in [-0.3, -0.25) is 14.6 Å². The van der Waals surface area contributed by atoms with E-state index in [1.807, 2.05) is 31.2 Å². The maximum Gasteiger partial charge on any atom is 0.255 e. The molecule has 0 aliphatic rings. The molecular formula is C26H29N3O7. The molecule has 0 fully saturated rings. The molecule has 0 aliphatic heterocycles. The average molecular weight is 496 g/mol. The van der Waals surface area contributed by atoms with E-state index in [1.54, 1.807) is 25.6 Å². The monoisotopic (exact) mass is 495 g/mol. The molecule has 2 aromatic carbocycles. The highest BCUT2D eigenvalue weighted by atomic mass is 16.5. The molecule has 0 spiro atoms.